The van der Waals surface area contributed by atoms with Gasteiger partial charge in [0, 0.05) is 57.1 Å². The summed E-state index contributed by atoms with van der Waals surface area (Å²) in [7, 11) is 0. The van der Waals surface area contributed by atoms with Crippen molar-refractivity contribution in [2.24, 2.45) is 0 Å². The van der Waals surface area contributed by atoms with E-state index in [1.807, 2.05) is 4.90 Å². The number of imide groups is 1. The van der Waals surface area contributed by atoms with Crippen LogP contribution < -0.4 is 4.90 Å². The molecule has 1 aromatic heterocycles. The van der Waals surface area contributed by atoms with Gasteiger partial charge in [-0.25, -0.2) is 4.79 Å². The molecule has 3 aliphatic heterocycles. The molecule has 0 radical (unpaired) electrons. The van der Waals surface area contributed by atoms with Gasteiger partial charge in [-0.1, -0.05) is 12.1 Å². The van der Waals surface area contributed by atoms with Crippen molar-refractivity contribution in [3.8, 4) is 0 Å². The van der Waals surface area contributed by atoms with E-state index in [-0.39, 0.29) is 18.0 Å². The second-order valence-corrected chi connectivity index (χ2v) is 9.01. The number of amides is 3. The van der Waals surface area contributed by atoms with Crippen molar-refractivity contribution >= 4 is 39.4 Å². The third kappa shape index (κ3) is 3.59. The van der Waals surface area contributed by atoms with Gasteiger partial charge in [0.05, 0.1) is 4.70 Å². The first kappa shape index (κ1) is 18.8. The lowest BCUT2D eigenvalue weighted by Gasteiger charge is -2.37. The van der Waals surface area contributed by atoms with E-state index in [9.17, 15) is 9.59 Å². The summed E-state index contributed by atoms with van der Waals surface area (Å²) in [5, 5.41) is 1.24. The highest BCUT2D eigenvalue weighted by Crippen LogP contribution is 2.30. The van der Waals surface area contributed by atoms with E-state index < -0.39 is 0 Å². The molecule has 0 bridgehead atoms. The van der Waals surface area contributed by atoms with Gasteiger partial charge < -0.3 is 9.80 Å². The van der Waals surface area contributed by atoms with Gasteiger partial charge in [-0.15, -0.1) is 0 Å². The van der Waals surface area contributed by atoms with E-state index >= 15 is 0 Å². The summed E-state index contributed by atoms with van der Waals surface area (Å²) >= 11 is 1.57. The number of hydrogen-bond acceptors (Lipinski definition) is 6. The topological polar surface area (TPSA) is 60.0 Å². The normalized spacial score (nSPS) is 23.3. The fourth-order valence-electron chi connectivity index (χ4n) is 4.83. The monoisotopic (exact) mass is 413 g/mol. The Hall–Kier alpha value is -2.19. The third-order valence-corrected chi connectivity index (χ3v) is 7.27. The van der Waals surface area contributed by atoms with E-state index in [0.29, 0.717) is 13.0 Å². The molecule has 154 valence electrons. The van der Waals surface area contributed by atoms with Crippen molar-refractivity contribution in [2.45, 2.75) is 31.7 Å². The van der Waals surface area contributed by atoms with E-state index in [2.05, 4.69) is 38.4 Å². The molecule has 0 spiro atoms. The minimum atomic E-state index is -0.0658. The fraction of sp³-hybridized carbons (Fsp3) is 0.571. The lowest BCUT2D eigenvalue weighted by Crippen LogP contribution is -2.55. The average molecular weight is 414 g/mol. The summed E-state index contributed by atoms with van der Waals surface area (Å²) in [5.74, 6) is 1.12. The molecule has 3 saturated heterocycles. The molecule has 7 nitrogen and oxygen atoms in total. The van der Waals surface area contributed by atoms with Crippen LogP contribution in [-0.2, 0) is 4.79 Å². The van der Waals surface area contributed by atoms with Gasteiger partial charge in [-0.2, -0.15) is 4.37 Å². The van der Waals surface area contributed by atoms with Crippen LogP contribution in [0, 0.1) is 0 Å². The second kappa shape index (κ2) is 7.91. The molecule has 0 aliphatic carbocycles. The number of anilines is 1. The molecule has 3 fully saturated rings. The summed E-state index contributed by atoms with van der Waals surface area (Å²) in [4.78, 5) is 33.1. The van der Waals surface area contributed by atoms with Crippen molar-refractivity contribution in [3.63, 3.8) is 0 Å². The highest BCUT2D eigenvalue weighted by atomic mass is 32.1. The summed E-state index contributed by atoms with van der Waals surface area (Å²) < 4.78 is 5.91. The first-order chi connectivity index (χ1) is 14.2. The van der Waals surface area contributed by atoms with Crippen LogP contribution in [-0.4, -0.2) is 82.9 Å². The number of benzene rings is 1. The van der Waals surface area contributed by atoms with Gasteiger partial charge in [0.2, 0.25) is 5.91 Å². The van der Waals surface area contributed by atoms with Crippen LogP contribution in [0.2, 0.25) is 0 Å². The number of carbonyl (C=O) groups is 2. The number of piperazine rings is 1. The molecule has 4 heterocycles. The Morgan fingerprint density at radius 1 is 1.03 bits per heavy atom. The Morgan fingerprint density at radius 3 is 2.72 bits per heavy atom. The molecule has 0 N–H and O–H groups in total. The smallest absolute Gasteiger partial charge is 0.326 e. The average Bonchev–Trinajstić information content (AvgIpc) is 3.38. The number of nitrogens with zero attached hydrogens (tertiary/aromatic N) is 5. The predicted octanol–water partition coefficient (Wildman–Crippen LogP) is 2.63. The highest BCUT2D eigenvalue weighted by molar-refractivity contribution is 7.13. The van der Waals surface area contributed by atoms with Gasteiger partial charge in [-0.05, 0) is 49.5 Å². The Bertz CT molecular complexity index is 907. The summed E-state index contributed by atoms with van der Waals surface area (Å²) in [5.41, 5.74) is 0. The Balaban J connectivity index is 1.11. The molecule has 3 aliphatic rings. The van der Waals surface area contributed by atoms with Crippen LogP contribution in [0.25, 0.3) is 10.1 Å². The first-order valence-electron chi connectivity index (χ1n) is 10.6. The van der Waals surface area contributed by atoms with Crippen molar-refractivity contribution in [3.05, 3.63) is 24.3 Å². The van der Waals surface area contributed by atoms with E-state index in [0.717, 1.165) is 64.3 Å². The Kier molecular flexibility index (Phi) is 5.13. The van der Waals surface area contributed by atoms with Crippen LogP contribution in [0.1, 0.15) is 25.7 Å². The van der Waals surface area contributed by atoms with Gasteiger partial charge in [0.1, 0.15) is 5.82 Å². The molecule has 5 rings (SSSR count). The number of fused-ring (bicyclic) bond motifs is 2. The molecule has 1 aromatic carbocycles. The SMILES string of the molecule is O=C1C[C@@H]2CCCN2C(=O)N1CCCN1CCN(c2nsc3ccccc23)CC1. The number of rotatable bonds is 5. The zero-order valence-electron chi connectivity index (χ0n) is 16.6. The molecule has 3 amide bonds. The quantitative estimate of drug-likeness (QED) is 0.754. The van der Waals surface area contributed by atoms with Crippen molar-refractivity contribution < 1.29 is 9.59 Å². The maximum atomic E-state index is 12.6. The minimum absolute atomic E-state index is 0.0124. The molecule has 2 aromatic rings. The molecule has 29 heavy (non-hydrogen) atoms. The standard InChI is InChI=1S/C21H27N5O2S/c27-19-15-16-5-3-9-25(16)21(28)26(19)10-4-8-23-11-13-24(14-12-23)20-17-6-1-2-7-18(17)29-22-20/h1-2,6-7,16H,3-5,8-15H2/t16-/m0/s1. The van der Waals surface area contributed by atoms with E-state index in [1.165, 1.54) is 15.0 Å². The molecule has 1 atom stereocenters. The molecule has 0 unspecified atom stereocenters. The van der Waals surface area contributed by atoms with E-state index in [4.69, 9.17) is 0 Å². The lowest BCUT2D eigenvalue weighted by atomic mass is 10.1. The maximum Gasteiger partial charge on any atom is 0.326 e. The van der Waals surface area contributed by atoms with Crippen LogP contribution in [0.15, 0.2) is 24.3 Å². The largest absolute Gasteiger partial charge is 0.353 e. The molecule has 8 heteroatoms. The van der Waals surface area contributed by atoms with Crippen LogP contribution in [0.3, 0.4) is 0 Å². The summed E-state index contributed by atoms with van der Waals surface area (Å²) in [6, 6.07) is 8.50. The third-order valence-electron chi connectivity index (χ3n) is 6.45. The zero-order chi connectivity index (χ0) is 19.8. The molecule has 0 saturated carbocycles. The number of aromatic nitrogens is 1. The Morgan fingerprint density at radius 2 is 1.86 bits per heavy atom. The van der Waals surface area contributed by atoms with Gasteiger partial charge >= 0.3 is 6.03 Å². The maximum absolute atomic E-state index is 12.6. The number of hydrogen-bond donors (Lipinski definition) is 0. The molecular formula is C21H27N5O2S. The fourth-order valence-corrected chi connectivity index (χ4v) is 5.63. The number of carbonyl (C=O) groups excluding carboxylic acids is 2. The number of urea groups is 1. The summed E-state index contributed by atoms with van der Waals surface area (Å²) in [6.45, 7) is 6.17. The first-order valence-corrected chi connectivity index (χ1v) is 11.4. The van der Waals surface area contributed by atoms with E-state index in [1.54, 1.807) is 11.5 Å². The van der Waals surface area contributed by atoms with Crippen LogP contribution >= 0.6 is 11.5 Å². The van der Waals surface area contributed by atoms with Crippen molar-refractivity contribution in [1.29, 1.82) is 0 Å². The predicted molar refractivity (Wildman–Crippen MR) is 114 cm³/mol. The lowest BCUT2D eigenvalue weighted by molar-refractivity contribution is -0.132. The summed E-state index contributed by atoms with van der Waals surface area (Å²) in [6.07, 6.45) is 3.35. The highest BCUT2D eigenvalue weighted by Gasteiger charge is 2.40. The van der Waals surface area contributed by atoms with Gasteiger partial charge in [0.25, 0.3) is 0 Å². The molecular weight excluding hydrogens is 386 g/mol. The minimum Gasteiger partial charge on any atom is -0.353 e. The van der Waals surface area contributed by atoms with Crippen LogP contribution in [0.4, 0.5) is 10.6 Å². The second-order valence-electron chi connectivity index (χ2n) is 8.21. The Labute approximate surface area is 175 Å². The van der Waals surface area contributed by atoms with Crippen molar-refractivity contribution in [1.82, 2.24) is 19.1 Å². The van der Waals surface area contributed by atoms with Gasteiger partial charge in [0.15, 0.2) is 0 Å². The van der Waals surface area contributed by atoms with Crippen LogP contribution in [0.5, 0.6) is 0 Å². The van der Waals surface area contributed by atoms with Gasteiger partial charge in [-0.3, -0.25) is 14.6 Å². The van der Waals surface area contributed by atoms with Crippen molar-refractivity contribution in [2.75, 3.05) is 50.7 Å². The zero-order valence-corrected chi connectivity index (χ0v) is 17.4.